The molecule has 0 saturated carbocycles. The first-order chi connectivity index (χ1) is 20.0. The highest BCUT2D eigenvalue weighted by Crippen LogP contribution is 2.41. The monoisotopic (exact) mass is 584 g/mol. The van der Waals surface area contributed by atoms with Crippen LogP contribution in [-0.2, 0) is 38.3 Å². The van der Waals surface area contributed by atoms with Gasteiger partial charge in [0.25, 0.3) is 0 Å². The number of ether oxygens (including phenoxy) is 5. The van der Waals surface area contributed by atoms with Crippen LogP contribution >= 0.6 is 0 Å². The molecule has 0 spiro atoms. The minimum atomic E-state index is -0.574. The Bertz CT molecular complexity index is 1390. The molecule has 3 rings (SSSR count). The lowest BCUT2D eigenvalue weighted by molar-refractivity contribution is -0.326. The molecular weight excluding hydrogens is 544 g/mol. The van der Waals surface area contributed by atoms with Gasteiger partial charge in [0, 0.05) is 18.4 Å². The fraction of sp³-hybridized carbons (Fsp3) is 0.452. The number of H-pyrrole nitrogens is 1. The molecule has 11 heteroatoms. The molecule has 1 aromatic heterocycles. The predicted octanol–water partition coefficient (Wildman–Crippen LogP) is 4.94. The summed E-state index contributed by atoms with van der Waals surface area (Å²) < 4.78 is 26.1. The van der Waals surface area contributed by atoms with Gasteiger partial charge in [0.15, 0.2) is 20.4 Å². The van der Waals surface area contributed by atoms with Crippen LogP contribution < -0.4 is 0 Å². The first-order valence-electron chi connectivity index (χ1n) is 13.5. The Balaban J connectivity index is 2.12. The number of nitrogens with one attached hydrogen (secondary N) is 1. The van der Waals surface area contributed by atoms with Crippen LogP contribution in [0.15, 0.2) is 34.0 Å². The van der Waals surface area contributed by atoms with Crippen LogP contribution in [0.3, 0.4) is 0 Å². The Morgan fingerprint density at radius 3 is 2.10 bits per heavy atom. The van der Waals surface area contributed by atoms with Gasteiger partial charge in [-0.3, -0.25) is 4.99 Å². The molecule has 1 aliphatic heterocycles. The van der Waals surface area contributed by atoms with E-state index in [0.29, 0.717) is 58.3 Å². The quantitative estimate of drug-likeness (QED) is 0.108. The Kier molecular flexibility index (Phi) is 11.8. The zero-order valence-corrected chi connectivity index (χ0v) is 25.8. The SMILES string of the molecule is COCCOCOC(=O)c1c(C)[nH]c(/C(=C2\N=C(C)C(C(=O)OCOCOOC)=C2C)c2c(C)cc(C)cc2C)c1C. The highest BCUT2D eigenvalue weighted by molar-refractivity contribution is 6.22. The molecule has 0 fully saturated rings. The van der Waals surface area contributed by atoms with Crippen LogP contribution in [0.4, 0.5) is 0 Å². The average molecular weight is 585 g/mol. The molecule has 0 bridgehead atoms. The lowest BCUT2D eigenvalue weighted by atomic mass is 9.87. The molecular formula is C31H40N2O9. The van der Waals surface area contributed by atoms with Gasteiger partial charge in [-0.1, -0.05) is 17.7 Å². The number of hydrogen-bond acceptors (Lipinski definition) is 10. The number of nitrogens with zero attached hydrogens (tertiary/aromatic N) is 1. The zero-order valence-electron chi connectivity index (χ0n) is 25.8. The van der Waals surface area contributed by atoms with Gasteiger partial charge in [0.2, 0.25) is 0 Å². The Morgan fingerprint density at radius 1 is 0.810 bits per heavy atom. The second kappa shape index (κ2) is 15.0. The van der Waals surface area contributed by atoms with Crippen molar-refractivity contribution in [2.75, 3.05) is 47.8 Å². The third kappa shape index (κ3) is 7.42. The van der Waals surface area contributed by atoms with Crippen molar-refractivity contribution in [3.05, 3.63) is 73.7 Å². The van der Waals surface area contributed by atoms with Gasteiger partial charge in [0.1, 0.15) is 0 Å². The van der Waals surface area contributed by atoms with E-state index in [-0.39, 0.29) is 20.4 Å². The molecule has 228 valence electrons. The fourth-order valence-electron chi connectivity index (χ4n) is 5.14. The maximum Gasteiger partial charge on any atom is 0.342 e. The standard InChI is InChI=1S/C31H40N2O9/c1-17-12-18(2)24(19(3)13-17)27(28-20(4)25(22(6)32-28)30(34)40-14-38-11-10-36-8)29-21(5)26(23(7)33-29)31(35)41-15-39-16-42-37-9/h12-13,32H,10-11,14-16H2,1-9H3/b29-27-. The van der Waals surface area contributed by atoms with E-state index in [9.17, 15) is 9.59 Å². The van der Waals surface area contributed by atoms with E-state index in [0.717, 1.165) is 27.8 Å². The summed E-state index contributed by atoms with van der Waals surface area (Å²) in [5, 5.41) is 0. The maximum absolute atomic E-state index is 13.1. The summed E-state index contributed by atoms with van der Waals surface area (Å²) >= 11 is 0. The lowest BCUT2D eigenvalue weighted by Crippen LogP contribution is -2.16. The molecule has 2 aromatic rings. The van der Waals surface area contributed by atoms with Crippen molar-refractivity contribution >= 4 is 23.2 Å². The molecule has 1 aromatic carbocycles. The lowest BCUT2D eigenvalue weighted by Gasteiger charge is -2.18. The summed E-state index contributed by atoms with van der Waals surface area (Å²) in [5.41, 5.74) is 9.44. The topological polar surface area (TPSA) is 127 Å². The van der Waals surface area contributed by atoms with Crippen molar-refractivity contribution in [1.82, 2.24) is 4.98 Å². The largest absolute Gasteiger partial charge is 0.435 e. The van der Waals surface area contributed by atoms with Gasteiger partial charge in [-0.25, -0.2) is 19.4 Å². The van der Waals surface area contributed by atoms with Crippen LogP contribution in [0.1, 0.15) is 63.4 Å². The van der Waals surface area contributed by atoms with E-state index in [1.807, 2.05) is 41.5 Å². The van der Waals surface area contributed by atoms with E-state index in [2.05, 4.69) is 26.9 Å². The summed E-state index contributed by atoms with van der Waals surface area (Å²) in [6, 6.07) is 4.19. The molecule has 42 heavy (non-hydrogen) atoms. The number of carbonyl (C=O) groups excluding carboxylic acids is 2. The van der Waals surface area contributed by atoms with E-state index in [1.165, 1.54) is 7.11 Å². The number of hydrogen-bond donors (Lipinski definition) is 1. The summed E-state index contributed by atoms with van der Waals surface area (Å²) in [6.45, 7) is 13.4. The van der Waals surface area contributed by atoms with Crippen molar-refractivity contribution in [3.8, 4) is 0 Å². The number of methoxy groups -OCH3 is 1. The van der Waals surface area contributed by atoms with Gasteiger partial charge >= 0.3 is 11.9 Å². The third-order valence-electron chi connectivity index (χ3n) is 6.86. The van der Waals surface area contributed by atoms with Crippen LogP contribution in [-0.4, -0.2) is 70.4 Å². The molecule has 1 aliphatic rings. The Hall–Kier alpha value is -3.61. The van der Waals surface area contributed by atoms with Crippen molar-refractivity contribution in [2.45, 2.75) is 48.5 Å². The molecule has 0 radical (unpaired) electrons. The Labute approximate surface area is 246 Å². The van der Waals surface area contributed by atoms with Crippen molar-refractivity contribution < 1.29 is 43.0 Å². The number of aliphatic imine (C=N–C) groups is 1. The van der Waals surface area contributed by atoms with Crippen LogP contribution in [0.2, 0.25) is 0 Å². The predicted molar refractivity (Wildman–Crippen MR) is 156 cm³/mol. The number of aromatic amines is 1. The highest BCUT2D eigenvalue weighted by Gasteiger charge is 2.31. The molecule has 2 heterocycles. The highest BCUT2D eigenvalue weighted by atomic mass is 17.2. The smallest absolute Gasteiger partial charge is 0.342 e. The average Bonchev–Trinajstić information content (AvgIpc) is 3.38. The normalized spacial score (nSPS) is 14.4. The molecule has 0 atom stereocenters. The van der Waals surface area contributed by atoms with Gasteiger partial charge in [-0.2, -0.15) is 0 Å². The van der Waals surface area contributed by atoms with Crippen molar-refractivity contribution in [2.24, 2.45) is 4.99 Å². The van der Waals surface area contributed by atoms with Crippen molar-refractivity contribution in [1.29, 1.82) is 0 Å². The first kappa shape index (κ1) is 32.9. The summed E-state index contributed by atoms with van der Waals surface area (Å²) in [5.74, 6) is -1.08. The summed E-state index contributed by atoms with van der Waals surface area (Å²) in [6.07, 6.45) is 0. The molecule has 0 unspecified atom stereocenters. The fourth-order valence-corrected chi connectivity index (χ4v) is 5.14. The van der Waals surface area contributed by atoms with Crippen molar-refractivity contribution in [3.63, 3.8) is 0 Å². The van der Waals surface area contributed by atoms with Crippen LogP contribution in [0, 0.1) is 34.6 Å². The number of esters is 2. The minimum absolute atomic E-state index is 0.189. The van der Waals surface area contributed by atoms with E-state index >= 15 is 0 Å². The van der Waals surface area contributed by atoms with Gasteiger partial charge in [-0.15, -0.1) is 0 Å². The molecule has 0 amide bonds. The number of aromatic nitrogens is 1. The van der Waals surface area contributed by atoms with E-state index < -0.39 is 11.9 Å². The molecule has 1 N–H and O–H groups in total. The van der Waals surface area contributed by atoms with Gasteiger partial charge in [0.05, 0.1) is 48.6 Å². The van der Waals surface area contributed by atoms with Crippen LogP contribution in [0.5, 0.6) is 0 Å². The first-order valence-corrected chi connectivity index (χ1v) is 13.5. The number of carbonyl (C=O) groups is 2. The molecule has 0 saturated heterocycles. The maximum atomic E-state index is 13.1. The number of aryl methyl sites for hydroxylation is 4. The van der Waals surface area contributed by atoms with Crippen LogP contribution in [0.25, 0.3) is 5.57 Å². The van der Waals surface area contributed by atoms with Gasteiger partial charge < -0.3 is 28.7 Å². The van der Waals surface area contributed by atoms with E-state index in [4.69, 9.17) is 28.7 Å². The second-order valence-electron chi connectivity index (χ2n) is 9.93. The third-order valence-corrected chi connectivity index (χ3v) is 6.86. The second-order valence-corrected chi connectivity index (χ2v) is 9.93. The number of allylic oxidation sites excluding steroid dienone is 1. The zero-order chi connectivity index (χ0) is 31.0. The molecule has 11 nitrogen and oxygen atoms in total. The Morgan fingerprint density at radius 2 is 1.45 bits per heavy atom. The van der Waals surface area contributed by atoms with E-state index in [1.54, 1.807) is 14.0 Å². The summed E-state index contributed by atoms with van der Waals surface area (Å²) in [7, 11) is 2.92. The number of rotatable bonds is 14. The number of benzene rings is 1. The minimum Gasteiger partial charge on any atom is -0.435 e. The molecule has 0 aliphatic carbocycles. The van der Waals surface area contributed by atoms with Gasteiger partial charge in [-0.05, 0) is 76.3 Å². The summed E-state index contributed by atoms with van der Waals surface area (Å²) in [4.78, 5) is 43.6.